The van der Waals surface area contributed by atoms with Crippen LogP contribution in [0, 0.1) is 0 Å². The Balaban J connectivity index is 1.65. The van der Waals surface area contributed by atoms with Crippen LogP contribution in [0.3, 0.4) is 0 Å². The van der Waals surface area contributed by atoms with Gasteiger partial charge in [-0.05, 0) is 41.5 Å². The van der Waals surface area contributed by atoms with Gasteiger partial charge in [0.1, 0.15) is 6.04 Å². The third-order valence-corrected chi connectivity index (χ3v) is 7.15. The Kier molecular flexibility index (Phi) is 5.14. The average Bonchev–Trinajstić information content (AvgIpc) is 3.11. The van der Waals surface area contributed by atoms with Crippen LogP contribution in [0.5, 0.6) is 0 Å². The summed E-state index contributed by atoms with van der Waals surface area (Å²) >= 11 is 4.45. The monoisotopic (exact) mass is 412 g/mol. The predicted octanol–water partition coefficient (Wildman–Crippen LogP) is 3.54. The van der Waals surface area contributed by atoms with Gasteiger partial charge in [0, 0.05) is 17.5 Å². The predicted molar refractivity (Wildman–Crippen MR) is 114 cm³/mol. The summed E-state index contributed by atoms with van der Waals surface area (Å²) < 4.78 is 27.9. The van der Waals surface area contributed by atoms with Gasteiger partial charge in [0.25, 0.3) is 0 Å². The summed E-state index contributed by atoms with van der Waals surface area (Å²) in [4.78, 5) is 13.0. The van der Waals surface area contributed by atoms with Crippen molar-refractivity contribution in [2.24, 2.45) is 0 Å². The third kappa shape index (κ3) is 3.65. The van der Waals surface area contributed by atoms with Crippen LogP contribution in [-0.2, 0) is 14.8 Å². The highest BCUT2D eigenvalue weighted by atomic mass is 32.2. The van der Waals surface area contributed by atoms with Crippen molar-refractivity contribution < 1.29 is 13.2 Å². The fourth-order valence-electron chi connectivity index (χ4n) is 3.50. The first-order valence-electron chi connectivity index (χ1n) is 9.00. The number of nitrogens with zero attached hydrogens (tertiary/aromatic N) is 1. The van der Waals surface area contributed by atoms with E-state index >= 15 is 0 Å². The molecule has 28 heavy (non-hydrogen) atoms. The van der Waals surface area contributed by atoms with E-state index in [0.29, 0.717) is 12.1 Å². The molecule has 0 saturated carbocycles. The molecule has 1 fully saturated rings. The zero-order chi connectivity index (χ0) is 19.7. The summed E-state index contributed by atoms with van der Waals surface area (Å²) in [6.07, 6.45) is 0.370. The van der Waals surface area contributed by atoms with Crippen molar-refractivity contribution in [3.8, 4) is 0 Å². The largest absolute Gasteiger partial charge is 0.325 e. The van der Waals surface area contributed by atoms with E-state index in [4.69, 9.17) is 0 Å². The van der Waals surface area contributed by atoms with Crippen molar-refractivity contribution in [2.45, 2.75) is 22.6 Å². The number of nitrogens with one attached hydrogen (secondary N) is 1. The van der Waals surface area contributed by atoms with Gasteiger partial charge in [-0.2, -0.15) is 16.9 Å². The molecule has 1 N–H and O–H groups in total. The topological polar surface area (TPSA) is 66.5 Å². The van der Waals surface area contributed by atoms with Gasteiger partial charge in [0.2, 0.25) is 15.9 Å². The van der Waals surface area contributed by atoms with Gasteiger partial charge in [-0.1, -0.05) is 48.5 Å². The van der Waals surface area contributed by atoms with Gasteiger partial charge in [0.15, 0.2) is 0 Å². The molecule has 1 aliphatic rings. The molecule has 0 bridgehead atoms. The zero-order valence-corrected chi connectivity index (χ0v) is 16.7. The quantitative estimate of drug-likeness (QED) is 0.644. The smallest absolute Gasteiger partial charge is 0.243 e. The number of amides is 1. The molecule has 0 radical (unpaired) electrons. The molecule has 3 aromatic rings. The molecular formula is C21H20N2O3S2. The number of anilines is 1. The van der Waals surface area contributed by atoms with Gasteiger partial charge >= 0.3 is 0 Å². The molecule has 144 valence electrons. The molecule has 0 aromatic heterocycles. The van der Waals surface area contributed by atoms with Gasteiger partial charge in [-0.25, -0.2) is 8.42 Å². The average molecular weight is 413 g/mol. The summed E-state index contributed by atoms with van der Waals surface area (Å²) in [7, 11) is -3.83. The number of para-hydroxylation sites is 1. The van der Waals surface area contributed by atoms with E-state index in [1.54, 1.807) is 30.3 Å². The highest BCUT2D eigenvalue weighted by Crippen LogP contribution is 2.31. The first-order chi connectivity index (χ1) is 13.4. The maximum absolute atomic E-state index is 13.3. The Morgan fingerprint density at radius 3 is 2.39 bits per heavy atom. The van der Waals surface area contributed by atoms with Crippen molar-refractivity contribution in [1.82, 2.24) is 4.31 Å². The molecule has 0 aliphatic carbocycles. The first kappa shape index (κ1) is 19.0. The molecule has 1 saturated heterocycles. The summed E-state index contributed by atoms with van der Waals surface area (Å²) in [5.41, 5.74) is 0.637. The molecule has 1 heterocycles. The number of thiol groups is 1. The Morgan fingerprint density at radius 2 is 1.64 bits per heavy atom. The van der Waals surface area contributed by atoms with Crippen LogP contribution in [0.15, 0.2) is 77.7 Å². The minimum Gasteiger partial charge on any atom is -0.325 e. The van der Waals surface area contributed by atoms with E-state index in [1.807, 2.05) is 42.5 Å². The molecule has 2 atom stereocenters. The molecular weight excluding hydrogens is 392 g/mol. The Hall–Kier alpha value is -2.35. The van der Waals surface area contributed by atoms with Crippen LogP contribution < -0.4 is 5.32 Å². The lowest BCUT2D eigenvalue weighted by Gasteiger charge is -2.23. The molecule has 4 rings (SSSR count). The lowest BCUT2D eigenvalue weighted by atomic mass is 10.1. The van der Waals surface area contributed by atoms with Crippen molar-refractivity contribution in [3.05, 3.63) is 72.8 Å². The fourth-order valence-corrected chi connectivity index (χ4v) is 5.66. The number of hydrogen-bond acceptors (Lipinski definition) is 4. The lowest BCUT2D eigenvalue weighted by molar-refractivity contribution is -0.119. The van der Waals surface area contributed by atoms with Crippen LogP contribution in [0.4, 0.5) is 5.69 Å². The molecule has 3 aromatic carbocycles. The Morgan fingerprint density at radius 1 is 0.964 bits per heavy atom. The number of fused-ring (bicyclic) bond motifs is 1. The summed E-state index contributed by atoms with van der Waals surface area (Å²) in [6, 6.07) is 20.9. The van der Waals surface area contributed by atoms with Gasteiger partial charge < -0.3 is 5.32 Å². The fraction of sp³-hybridized carbons (Fsp3) is 0.190. The SMILES string of the molecule is O=C(Nc1ccccc1)[C@@H]1C[C@@H](S)CN1S(=O)(=O)c1ccc2ccccc2c1. The molecule has 1 aliphatic heterocycles. The Labute approximate surface area is 169 Å². The number of carbonyl (C=O) groups is 1. The summed E-state index contributed by atoms with van der Waals surface area (Å²) in [5.74, 6) is -0.341. The number of sulfonamides is 1. The number of benzene rings is 3. The summed E-state index contributed by atoms with van der Waals surface area (Å²) in [5, 5.41) is 4.42. The van der Waals surface area contributed by atoms with Gasteiger partial charge in [-0.15, -0.1) is 0 Å². The van der Waals surface area contributed by atoms with Crippen LogP contribution >= 0.6 is 12.6 Å². The van der Waals surface area contributed by atoms with E-state index < -0.39 is 16.1 Å². The second-order valence-electron chi connectivity index (χ2n) is 6.84. The minimum atomic E-state index is -3.83. The second kappa shape index (κ2) is 7.58. The normalized spacial score (nSPS) is 20.3. The van der Waals surface area contributed by atoms with E-state index in [-0.39, 0.29) is 22.6 Å². The van der Waals surface area contributed by atoms with Crippen LogP contribution in [0.2, 0.25) is 0 Å². The first-order valence-corrected chi connectivity index (χ1v) is 11.0. The van der Waals surface area contributed by atoms with Crippen molar-refractivity contribution in [1.29, 1.82) is 0 Å². The number of hydrogen-bond donors (Lipinski definition) is 2. The van der Waals surface area contributed by atoms with Gasteiger partial charge in [-0.3, -0.25) is 4.79 Å². The molecule has 1 amide bonds. The standard InChI is InChI=1S/C21H20N2O3S2/c24-21(22-17-8-2-1-3-9-17)20-13-18(27)14-23(20)28(25,26)19-11-10-15-6-4-5-7-16(15)12-19/h1-12,18,20,27H,13-14H2,(H,22,24)/t18-,20+/m1/s1. The van der Waals surface area contributed by atoms with Crippen molar-refractivity contribution in [2.75, 3.05) is 11.9 Å². The van der Waals surface area contributed by atoms with Crippen molar-refractivity contribution in [3.63, 3.8) is 0 Å². The van der Waals surface area contributed by atoms with Crippen LogP contribution in [-0.4, -0.2) is 36.5 Å². The molecule has 0 unspecified atom stereocenters. The van der Waals surface area contributed by atoms with E-state index in [0.717, 1.165) is 10.8 Å². The minimum absolute atomic E-state index is 0.186. The van der Waals surface area contributed by atoms with Gasteiger partial charge in [0.05, 0.1) is 4.90 Å². The van der Waals surface area contributed by atoms with E-state index in [2.05, 4.69) is 17.9 Å². The van der Waals surface area contributed by atoms with E-state index in [9.17, 15) is 13.2 Å². The van der Waals surface area contributed by atoms with Crippen LogP contribution in [0.1, 0.15) is 6.42 Å². The third-order valence-electron chi connectivity index (χ3n) is 4.91. The van der Waals surface area contributed by atoms with E-state index in [1.165, 1.54) is 4.31 Å². The second-order valence-corrected chi connectivity index (χ2v) is 9.47. The molecule has 0 spiro atoms. The maximum atomic E-state index is 13.3. The lowest BCUT2D eigenvalue weighted by Crippen LogP contribution is -2.43. The maximum Gasteiger partial charge on any atom is 0.243 e. The highest BCUT2D eigenvalue weighted by Gasteiger charge is 2.43. The number of rotatable bonds is 4. The zero-order valence-electron chi connectivity index (χ0n) is 15.0. The highest BCUT2D eigenvalue weighted by molar-refractivity contribution is 7.89. The molecule has 7 heteroatoms. The summed E-state index contributed by atoms with van der Waals surface area (Å²) in [6.45, 7) is 0.200. The molecule has 5 nitrogen and oxygen atoms in total. The number of carbonyl (C=O) groups excluding carboxylic acids is 1. The van der Waals surface area contributed by atoms with Crippen molar-refractivity contribution >= 4 is 45.0 Å². The Bertz CT molecular complexity index is 1120. The van der Waals surface area contributed by atoms with Crippen LogP contribution in [0.25, 0.3) is 10.8 Å².